The molecule has 2 aromatic carbocycles. The number of carbonyl (C=O) groups is 2. The second-order valence-electron chi connectivity index (χ2n) is 6.89. The zero-order valence-electron chi connectivity index (χ0n) is 17.8. The quantitative estimate of drug-likeness (QED) is 0.430. The summed E-state index contributed by atoms with van der Waals surface area (Å²) < 4.78 is 60.5. The highest BCUT2D eigenvalue weighted by atomic mass is 32.2. The maximum Gasteiger partial charge on any atom is 0.325 e. The van der Waals surface area contributed by atoms with Gasteiger partial charge < -0.3 is 14.0 Å². The van der Waals surface area contributed by atoms with E-state index in [0.29, 0.717) is 16.0 Å². The van der Waals surface area contributed by atoms with Crippen molar-refractivity contribution in [1.29, 1.82) is 0 Å². The van der Waals surface area contributed by atoms with Crippen molar-refractivity contribution < 1.29 is 35.9 Å². The van der Waals surface area contributed by atoms with Gasteiger partial charge in [0.1, 0.15) is 18.0 Å². The first-order chi connectivity index (χ1) is 15.4. The van der Waals surface area contributed by atoms with E-state index in [1.54, 1.807) is 0 Å². The van der Waals surface area contributed by atoms with Crippen LogP contribution in [-0.2, 0) is 40.5 Å². The van der Waals surface area contributed by atoms with Crippen LogP contribution in [0.3, 0.4) is 0 Å². The number of nitrogens with zero attached hydrogens (tertiary/aromatic N) is 2. The minimum absolute atomic E-state index is 0.0379. The van der Waals surface area contributed by atoms with E-state index in [-0.39, 0.29) is 21.1 Å². The summed E-state index contributed by atoms with van der Waals surface area (Å²) in [7, 11) is -4.82. The number of rotatable bonds is 7. The average molecular weight is 513 g/mol. The number of fused-ring (bicyclic) bond motifs is 1. The van der Waals surface area contributed by atoms with Crippen LogP contribution in [-0.4, -0.2) is 59.5 Å². The lowest BCUT2D eigenvalue weighted by Gasteiger charge is -2.05. The first-order valence-electron chi connectivity index (χ1n) is 9.29. The van der Waals surface area contributed by atoms with Gasteiger partial charge in [-0.2, -0.15) is 4.99 Å². The summed E-state index contributed by atoms with van der Waals surface area (Å²) >= 11 is 0.954. The van der Waals surface area contributed by atoms with Gasteiger partial charge in [-0.15, -0.1) is 0 Å². The summed E-state index contributed by atoms with van der Waals surface area (Å²) in [5.74, 6) is -1.99. The lowest BCUT2D eigenvalue weighted by atomic mass is 10.3. The highest BCUT2D eigenvalue weighted by molar-refractivity contribution is 7.92. The normalized spacial score (nSPS) is 12.6. The molecule has 0 saturated heterocycles. The van der Waals surface area contributed by atoms with Crippen molar-refractivity contribution in [1.82, 2.24) is 4.57 Å². The Bertz CT molecular complexity index is 1500. The van der Waals surface area contributed by atoms with E-state index in [9.17, 15) is 26.4 Å². The first-order valence-corrected chi connectivity index (χ1v) is 13.7. The highest BCUT2D eigenvalue weighted by Gasteiger charge is 2.20. The van der Waals surface area contributed by atoms with E-state index >= 15 is 0 Å². The molecule has 1 aromatic heterocycles. The third-order valence-corrected chi connectivity index (χ3v) is 8.32. The topological polar surface area (TPSA) is 138 Å². The molecule has 1 heterocycles. The van der Waals surface area contributed by atoms with Gasteiger partial charge in [-0.05, 0) is 42.5 Å². The summed E-state index contributed by atoms with van der Waals surface area (Å²) in [6.07, 6.45) is 1.06. The number of esters is 1. The van der Waals surface area contributed by atoms with E-state index in [2.05, 4.69) is 9.73 Å². The Morgan fingerprint density at radius 1 is 1.00 bits per heavy atom. The molecule has 0 unspecified atom stereocenters. The van der Waals surface area contributed by atoms with E-state index < -0.39 is 37.3 Å². The highest BCUT2D eigenvalue weighted by Crippen LogP contribution is 2.22. The van der Waals surface area contributed by atoms with Gasteiger partial charge in [-0.3, -0.25) is 9.59 Å². The zero-order valence-corrected chi connectivity index (χ0v) is 20.3. The summed E-state index contributed by atoms with van der Waals surface area (Å²) in [4.78, 5) is 28.4. The van der Waals surface area contributed by atoms with Gasteiger partial charge in [0.15, 0.2) is 24.5 Å². The second kappa shape index (κ2) is 9.45. The van der Waals surface area contributed by atoms with Crippen molar-refractivity contribution in [2.45, 2.75) is 16.3 Å². The Kier molecular flexibility index (Phi) is 7.05. The minimum atomic E-state index is -3.98. The molecule has 33 heavy (non-hydrogen) atoms. The molecule has 0 fully saturated rings. The first kappa shape index (κ1) is 24.6. The van der Waals surface area contributed by atoms with Crippen molar-refractivity contribution in [2.75, 3.05) is 26.2 Å². The molecule has 0 aliphatic rings. The van der Waals surface area contributed by atoms with Crippen LogP contribution in [0.15, 0.2) is 57.2 Å². The van der Waals surface area contributed by atoms with Gasteiger partial charge in [0, 0.05) is 6.26 Å². The molecule has 0 radical (unpaired) electrons. The van der Waals surface area contributed by atoms with Gasteiger partial charge in [0.05, 0.1) is 34.2 Å². The lowest BCUT2D eigenvalue weighted by molar-refractivity contribution is -0.141. The number of aromatic nitrogens is 1. The van der Waals surface area contributed by atoms with Crippen LogP contribution in [0, 0.1) is 0 Å². The fourth-order valence-corrected chi connectivity index (χ4v) is 5.80. The number of methoxy groups -OCH3 is 2. The number of hydrogen-bond acceptors (Lipinski definition) is 9. The van der Waals surface area contributed by atoms with Crippen LogP contribution in [0.1, 0.15) is 0 Å². The second-order valence-corrected chi connectivity index (χ2v) is 11.9. The molecule has 0 bridgehead atoms. The van der Waals surface area contributed by atoms with Crippen LogP contribution >= 0.6 is 11.3 Å². The van der Waals surface area contributed by atoms with Crippen LogP contribution in [0.5, 0.6) is 5.75 Å². The molecule has 0 aliphatic carbocycles. The van der Waals surface area contributed by atoms with Crippen LogP contribution in [0.2, 0.25) is 0 Å². The molecule has 10 nitrogen and oxygen atoms in total. The smallest absolute Gasteiger partial charge is 0.325 e. The van der Waals surface area contributed by atoms with Crippen molar-refractivity contribution >= 4 is 53.1 Å². The van der Waals surface area contributed by atoms with Crippen LogP contribution in [0.25, 0.3) is 10.2 Å². The molecule has 3 rings (SSSR count). The number of carbonyl (C=O) groups excluding carboxylic acids is 2. The Morgan fingerprint density at radius 3 is 2.21 bits per heavy atom. The van der Waals surface area contributed by atoms with Gasteiger partial charge in [-0.1, -0.05) is 11.3 Å². The third kappa shape index (κ3) is 5.67. The predicted molar refractivity (Wildman–Crippen MR) is 121 cm³/mol. The molecular weight excluding hydrogens is 492 g/mol. The molecule has 0 aliphatic heterocycles. The average Bonchev–Trinajstić information content (AvgIpc) is 3.08. The third-order valence-electron chi connectivity index (χ3n) is 4.55. The van der Waals surface area contributed by atoms with E-state index in [1.807, 2.05) is 0 Å². The molecule has 1 amide bonds. The maximum absolute atomic E-state index is 12.6. The van der Waals surface area contributed by atoms with Crippen molar-refractivity contribution in [3.05, 3.63) is 47.3 Å². The molecule has 0 saturated carbocycles. The van der Waals surface area contributed by atoms with E-state index in [0.717, 1.165) is 17.6 Å². The van der Waals surface area contributed by atoms with Crippen molar-refractivity contribution in [3.63, 3.8) is 0 Å². The summed E-state index contributed by atoms with van der Waals surface area (Å²) in [6, 6.07) is 9.84. The van der Waals surface area contributed by atoms with Crippen molar-refractivity contribution in [3.8, 4) is 5.75 Å². The lowest BCUT2D eigenvalue weighted by Crippen LogP contribution is -2.24. The summed E-state index contributed by atoms with van der Waals surface area (Å²) in [5.41, 5.74) is 0.447. The number of ether oxygens (including phenoxy) is 2. The minimum Gasteiger partial charge on any atom is -0.497 e. The predicted octanol–water partition coefficient (Wildman–Crippen LogP) is 1.19. The monoisotopic (exact) mass is 512 g/mol. The Hall–Kier alpha value is -3.03. The largest absolute Gasteiger partial charge is 0.497 e. The Balaban J connectivity index is 2.04. The number of thiazole rings is 1. The van der Waals surface area contributed by atoms with Crippen molar-refractivity contribution in [2.24, 2.45) is 4.99 Å². The Labute approximate surface area is 193 Å². The summed E-state index contributed by atoms with van der Waals surface area (Å²) in [6.45, 7) is -0.300. The van der Waals surface area contributed by atoms with Gasteiger partial charge >= 0.3 is 5.97 Å². The number of amides is 1. The van der Waals surface area contributed by atoms with Gasteiger partial charge in [-0.25, -0.2) is 16.8 Å². The number of benzene rings is 2. The van der Waals surface area contributed by atoms with E-state index in [1.165, 1.54) is 61.3 Å². The molecular formula is C20H20N2O8S3. The van der Waals surface area contributed by atoms with Gasteiger partial charge in [0.2, 0.25) is 0 Å². The van der Waals surface area contributed by atoms with Crippen LogP contribution < -0.4 is 9.54 Å². The zero-order chi connectivity index (χ0) is 24.4. The molecule has 3 aromatic rings. The molecule has 0 spiro atoms. The fraction of sp³-hybridized carbons (Fsp3) is 0.250. The SMILES string of the molecule is COC(=O)Cn1c(=NC(=O)CS(=O)(=O)c2ccc(OC)cc2)sc2cc(S(C)(=O)=O)ccc21. The summed E-state index contributed by atoms with van der Waals surface area (Å²) in [5, 5.41) is 0. The number of hydrogen-bond donors (Lipinski definition) is 0. The van der Waals surface area contributed by atoms with Crippen LogP contribution in [0.4, 0.5) is 0 Å². The van der Waals surface area contributed by atoms with E-state index in [4.69, 9.17) is 4.74 Å². The molecule has 13 heteroatoms. The fourth-order valence-electron chi connectivity index (χ4n) is 2.88. The molecule has 0 atom stereocenters. The standard InChI is InChI=1S/C20H20N2O8S3/c1-29-13-4-6-14(7-5-13)33(27,28)12-18(23)21-20-22(11-19(24)30-2)16-9-8-15(32(3,25)26)10-17(16)31-20/h4-10H,11-12H2,1-3H3. The van der Waals surface area contributed by atoms with Gasteiger partial charge in [0.25, 0.3) is 5.91 Å². The maximum atomic E-state index is 12.6. The molecule has 176 valence electrons. The Morgan fingerprint density at radius 2 is 1.64 bits per heavy atom. The molecule has 0 N–H and O–H groups in total. The number of sulfone groups is 2.